The largest absolute Gasteiger partial charge is 0.359 e. The predicted molar refractivity (Wildman–Crippen MR) is 94.3 cm³/mol. The van der Waals surface area contributed by atoms with E-state index >= 15 is 0 Å². The first-order valence-electron chi connectivity index (χ1n) is 7.84. The van der Waals surface area contributed by atoms with Crippen LogP contribution in [-0.4, -0.2) is 54.2 Å². The number of ether oxygens (including phenoxy) is 5. The van der Waals surface area contributed by atoms with E-state index in [0.717, 1.165) is 0 Å². The molecule has 140 valence electrons. The second-order valence-corrected chi connectivity index (χ2v) is 7.47. The van der Waals surface area contributed by atoms with Crippen LogP contribution >= 0.6 is 22.6 Å². The molecule has 4 atom stereocenters. The van der Waals surface area contributed by atoms with Crippen LogP contribution in [0.25, 0.3) is 0 Å². The van der Waals surface area contributed by atoms with Gasteiger partial charge in [-0.25, -0.2) is 4.79 Å². The fourth-order valence-corrected chi connectivity index (χ4v) is 3.83. The van der Waals surface area contributed by atoms with E-state index in [1.807, 2.05) is 22.6 Å². The van der Waals surface area contributed by atoms with E-state index in [0.29, 0.717) is 9.26 Å². The van der Waals surface area contributed by atoms with Crippen LogP contribution in [0.15, 0.2) is 9.59 Å². The summed E-state index contributed by atoms with van der Waals surface area (Å²) in [6.07, 6.45) is -2.05. The van der Waals surface area contributed by atoms with Crippen LogP contribution < -0.4 is 11.2 Å². The van der Waals surface area contributed by atoms with Gasteiger partial charge in [0.2, 0.25) is 0 Å². The number of aromatic amines is 1. The highest BCUT2D eigenvalue weighted by Gasteiger charge is 2.56. The van der Waals surface area contributed by atoms with Gasteiger partial charge < -0.3 is 23.7 Å². The molecule has 0 aromatic carbocycles. The summed E-state index contributed by atoms with van der Waals surface area (Å²) in [6, 6.07) is 0. The van der Waals surface area contributed by atoms with Crippen molar-refractivity contribution in [2.75, 3.05) is 20.5 Å². The Labute approximate surface area is 157 Å². The Kier molecular flexibility index (Phi) is 5.38. The molecule has 0 aliphatic carbocycles. The van der Waals surface area contributed by atoms with Crippen molar-refractivity contribution >= 4 is 22.6 Å². The first kappa shape index (κ1) is 19.0. The highest BCUT2D eigenvalue weighted by Crippen LogP contribution is 2.43. The monoisotopic (exact) mass is 468 g/mol. The second kappa shape index (κ2) is 7.08. The van der Waals surface area contributed by atoms with E-state index in [9.17, 15) is 9.59 Å². The molecular weight excluding hydrogens is 447 g/mol. The topological polar surface area (TPSA) is 101 Å². The normalized spacial score (nSPS) is 30.6. The van der Waals surface area contributed by atoms with Gasteiger partial charge in [0.1, 0.15) is 25.1 Å². The Morgan fingerprint density at radius 3 is 2.64 bits per heavy atom. The van der Waals surface area contributed by atoms with Crippen molar-refractivity contribution in [1.29, 1.82) is 0 Å². The Morgan fingerprint density at radius 1 is 1.28 bits per heavy atom. The van der Waals surface area contributed by atoms with Gasteiger partial charge >= 0.3 is 5.69 Å². The zero-order chi connectivity index (χ0) is 18.4. The van der Waals surface area contributed by atoms with Gasteiger partial charge in [-0.2, -0.15) is 0 Å². The van der Waals surface area contributed by atoms with Crippen LogP contribution in [0.5, 0.6) is 0 Å². The van der Waals surface area contributed by atoms with Crippen LogP contribution in [0.2, 0.25) is 0 Å². The van der Waals surface area contributed by atoms with Gasteiger partial charge in [0, 0.05) is 12.7 Å². The van der Waals surface area contributed by atoms with E-state index < -0.39 is 41.6 Å². The molecule has 2 saturated heterocycles. The Bertz CT molecular complexity index is 759. The van der Waals surface area contributed by atoms with Crippen LogP contribution in [0.4, 0.5) is 0 Å². The first-order valence-corrected chi connectivity index (χ1v) is 8.91. The van der Waals surface area contributed by atoms with Gasteiger partial charge in [0.15, 0.2) is 12.0 Å². The van der Waals surface area contributed by atoms with E-state index in [2.05, 4.69) is 4.98 Å². The van der Waals surface area contributed by atoms with Crippen molar-refractivity contribution < 1.29 is 23.7 Å². The number of fused-ring (bicyclic) bond motifs is 1. The van der Waals surface area contributed by atoms with Gasteiger partial charge in [-0.05, 0) is 43.4 Å². The average molecular weight is 468 g/mol. The summed E-state index contributed by atoms with van der Waals surface area (Å²) in [5, 5.41) is 0. The van der Waals surface area contributed by atoms with Gasteiger partial charge in [0.25, 0.3) is 5.56 Å². The number of hydrogen-bond donors (Lipinski definition) is 1. The Hall–Kier alpha value is -0.790. The number of hydrogen-bond acceptors (Lipinski definition) is 7. The summed E-state index contributed by atoms with van der Waals surface area (Å²) in [7, 11) is 1.53. The van der Waals surface area contributed by atoms with Crippen molar-refractivity contribution in [2.45, 2.75) is 51.1 Å². The molecule has 0 spiro atoms. The van der Waals surface area contributed by atoms with Crippen LogP contribution in [-0.2, 0) is 23.7 Å². The van der Waals surface area contributed by atoms with Crippen molar-refractivity contribution in [3.05, 3.63) is 30.1 Å². The van der Waals surface area contributed by atoms with E-state index in [1.165, 1.54) is 11.7 Å². The molecule has 1 aromatic rings. The van der Waals surface area contributed by atoms with E-state index in [1.54, 1.807) is 20.8 Å². The molecule has 9 nitrogen and oxygen atoms in total. The highest BCUT2D eigenvalue weighted by molar-refractivity contribution is 14.1. The lowest BCUT2D eigenvalue weighted by molar-refractivity contribution is -0.205. The maximum Gasteiger partial charge on any atom is 0.331 e. The summed E-state index contributed by atoms with van der Waals surface area (Å²) in [6.45, 7) is 5.63. The maximum absolute atomic E-state index is 12.4. The molecule has 0 amide bonds. The number of halogens is 1. The molecule has 2 aliphatic rings. The Morgan fingerprint density at radius 2 is 1.96 bits per heavy atom. The average Bonchev–Trinajstić information content (AvgIpc) is 3.00. The fraction of sp³-hybridized carbons (Fsp3) is 0.733. The SMILES string of the molecule is COCOC[C@H]1O[C@@H](n2c(I)c(C)c(=O)[nH]c2=O)[C@@H]2OC(C)(C)O[C@@H]21. The van der Waals surface area contributed by atoms with Gasteiger partial charge in [0.05, 0.1) is 10.3 Å². The molecule has 2 aliphatic heterocycles. The summed E-state index contributed by atoms with van der Waals surface area (Å²) >= 11 is 1.97. The van der Waals surface area contributed by atoms with Gasteiger partial charge in [-0.15, -0.1) is 0 Å². The quantitative estimate of drug-likeness (QED) is 0.291. The predicted octanol–water partition coefficient (Wildman–Crippen LogP) is 0.488. The van der Waals surface area contributed by atoms with Crippen LogP contribution in [0.1, 0.15) is 25.6 Å². The zero-order valence-electron chi connectivity index (χ0n) is 14.4. The van der Waals surface area contributed by atoms with E-state index in [-0.39, 0.29) is 13.4 Å². The number of nitrogens with zero attached hydrogens (tertiary/aromatic N) is 1. The first-order chi connectivity index (χ1) is 11.7. The molecule has 3 rings (SSSR count). The van der Waals surface area contributed by atoms with Crippen molar-refractivity contribution in [3.8, 4) is 0 Å². The molecule has 25 heavy (non-hydrogen) atoms. The smallest absolute Gasteiger partial charge is 0.331 e. The van der Waals surface area contributed by atoms with Crippen LogP contribution in [0, 0.1) is 10.6 Å². The van der Waals surface area contributed by atoms with Crippen LogP contribution in [0.3, 0.4) is 0 Å². The van der Waals surface area contributed by atoms with Crippen molar-refractivity contribution in [2.24, 2.45) is 0 Å². The molecule has 1 N–H and O–H groups in total. The fourth-order valence-electron chi connectivity index (χ4n) is 3.09. The van der Waals surface area contributed by atoms with Crippen molar-refractivity contribution in [3.63, 3.8) is 0 Å². The number of nitrogens with one attached hydrogen (secondary N) is 1. The minimum Gasteiger partial charge on any atom is -0.359 e. The van der Waals surface area contributed by atoms with Crippen molar-refractivity contribution in [1.82, 2.24) is 9.55 Å². The number of rotatable bonds is 5. The molecule has 0 bridgehead atoms. The maximum atomic E-state index is 12.4. The summed E-state index contributed by atoms with van der Waals surface area (Å²) < 4.78 is 30.1. The van der Waals surface area contributed by atoms with Gasteiger partial charge in [-0.3, -0.25) is 14.3 Å². The molecule has 10 heteroatoms. The summed E-state index contributed by atoms with van der Waals surface area (Å²) in [5.74, 6) is -0.802. The summed E-state index contributed by atoms with van der Waals surface area (Å²) in [5.41, 5.74) is -0.516. The number of H-pyrrole nitrogens is 1. The molecule has 0 unspecified atom stereocenters. The molecule has 2 fully saturated rings. The third-order valence-corrected chi connectivity index (χ3v) is 5.49. The van der Waals surface area contributed by atoms with Gasteiger partial charge in [-0.1, -0.05) is 0 Å². The zero-order valence-corrected chi connectivity index (χ0v) is 16.6. The standard InChI is InChI=1S/C15H21IN2O7/c1-7-11(16)18(14(20)17-12(7)19)13-10-9(24-15(2,3)25-10)8(23-13)5-22-6-21-4/h8-10,13H,5-6H2,1-4H3,(H,17,19,20)/t8-,9-,10-,13-/m1/s1. The minimum atomic E-state index is -0.802. The molecule has 1 aromatic heterocycles. The highest BCUT2D eigenvalue weighted by atomic mass is 127. The minimum absolute atomic E-state index is 0.126. The second-order valence-electron chi connectivity index (χ2n) is 6.45. The lowest BCUT2D eigenvalue weighted by Crippen LogP contribution is -2.40. The summed E-state index contributed by atoms with van der Waals surface area (Å²) in [4.78, 5) is 26.5. The molecule has 0 saturated carbocycles. The molecular formula is C15H21IN2O7. The Balaban J connectivity index is 1.96. The molecule has 3 heterocycles. The number of methoxy groups -OCH3 is 1. The lowest BCUT2D eigenvalue weighted by Gasteiger charge is -2.25. The third kappa shape index (κ3) is 3.55. The third-order valence-electron chi connectivity index (χ3n) is 4.16. The van der Waals surface area contributed by atoms with E-state index in [4.69, 9.17) is 23.7 Å². The molecule has 0 radical (unpaired) electrons. The lowest BCUT2D eigenvalue weighted by atomic mass is 10.1. The number of aromatic nitrogens is 2.